The zero-order chi connectivity index (χ0) is 15.1. The van der Waals surface area contributed by atoms with Crippen LogP contribution in [-0.4, -0.2) is 23.7 Å². The summed E-state index contributed by atoms with van der Waals surface area (Å²) < 4.78 is 0. The summed E-state index contributed by atoms with van der Waals surface area (Å²) in [5.74, 6) is -1.30. The van der Waals surface area contributed by atoms with E-state index >= 15 is 0 Å². The number of hydrogen-bond donors (Lipinski definition) is 3. The highest BCUT2D eigenvalue weighted by molar-refractivity contribution is 5.74. The summed E-state index contributed by atoms with van der Waals surface area (Å²) in [6, 6.07) is 7.50. The van der Waals surface area contributed by atoms with Gasteiger partial charge in [0.2, 0.25) is 0 Å². The van der Waals surface area contributed by atoms with Gasteiger partial charge in [0.05, 0.1) is 12.0 Å². The largest absolute Gasteiger partial charge is 0.481 e. The highest BCUT2D eigenvalue weighted by atomic mass is 16.4. The van der Waals surface area contributed by atoms with Crippen LogP contribution in [0.5, 0.6) is 0 Å². The third-order valence-corrected chi connectivity index (χ3v) is 3.29. The Morgan fingerprint density at radius 2 is 1.90 bits per heavy atom. The van der Waals surface area contributed by atoms with Crippen LogP contribution in [0.1, 0.15) is 37.4 Å². The van der Waals surface area contributed by atoms with Crippen LogP contribution < -0.4 is 10.6 Å². The molecular formula is C15H22N2O3. The molecule has 2 atom stereocenters. The van der Waals surface area contributed by atoms with Crippen molar-refractivity contribution in [3.8, 4) is 0 Å². The predicted molar refractivity (Wildman–Crippen MR) is 77.5 cm³/mol. The van der Waals surface area contributed by atoms with E-state index in [1.165, 1.54) is 0 Å². The maximum atomic E-state index is 11.7. The highest BCUT2D eigenvalue weighted by Gasteiger charge is 2.13. The molecule has 1 rings (SSSR count). The number of nitrogens with one attached hydrogen (secondary N) is 2. The Labute approximate surface area is 119 Å². The van der Waals surface area contributed by atoms with Gasteiger partial charge in [-0.3, -0.25) is 4.79 Å². The Morgan fingerprint density at radius 1 is 1.25 bits per heavy atom. The summed E-state index contributed by atoms with van der Waals surface area (Å²) in [6.07, 6.45) is 0.418. The number of carbonyl (C=O) groups excluding carboxylic acids is 1. The predicted octanol–water partition coefficient (Wildman–Crippen LogP) is 2.47. The van der Waals surface area contributed by atoms with E-state index < -0.39 is 11.9 Å². The number of aliphatic carboxylic acids is 1. The average Bonchev–Trinajstić information content (AvgIpc) is 2.38. The average molecular weight is 278 g/mol. The van der Waals surface area contributed by atoms with Crippen molar-refractivity contribution in [2.24, 2.45) is 5.92 Å². The van der Waals surface area contributed by atoms with E-state index in [0.717, 1.165) is 11.1 Å². The first-order chi connectivity index (χ1) is 9.41. The summed E-state index contributed by atoms with van der Waals surface area (Å²) in [6.45, 7) is 5.89. The highest BCUT2D eigenvalue weighted by Crippen LogP contribution is 2.16. The van der Waals surface area contributed by atoms with Crippen LogP contribution in [-0.2, 0) is 4.79 Å². The second-order valence-corrected chi connectivity index (χ2v) is 5.01. The molecule has 20 heavy (non-hydrogen) atoms. The lowest BCUT2D eigenvalue weighted by molar-refractivity contribution is -0.141. The summed E-state index contributed by atoms with van der Waals surface area (Å²) in [5, 5.41) is 14.3. The standard InChI is InChI=1S/C15H22N2O3/c1-10-6-4-5-7-13(10)12(3)17-15(20)16-9-8-11(2)14(18)19/h4-7,11-12H,8-9H2,1-3H3,(H,18,19)(H2,16,17,20). The van der Waals surface area contributed by atoms with Gasteiger partial charge in [-0.15, -0.1) is 0 Å². The van der Waals surface area contributed by atoms with E-state index in [1.807, 2.05) is 38.1 Å². The van der Waals surface area contributed by atoms with Crippen LogP contribution in [0.3, 0.4) is 0 Å². The maximum Gasteiger partial charge on any atom is 0.315 e. The summed E-state index contributed by atoms with van der Waals surface area (Å²) >= 11 is 0. The molecule has 0 aliphatic rings. The van der Waals surface area contributed by atoms with Gasteiger partial charge in [0.25, 0.3) is 0 Å². The summed E-state index contributed by atoms with van der Waals surface area (Å²) in [4.78, 5) is 22.4. The van der Waals surface area contributed by atoms with Crippen LogP contribution >= 0.6 is 0 Å². The molecular weight excluding hydrogens is 256 g/mol. The maximum absolute atomic E-state index is 11.7. The molecule has 110 valence electrons. The zero-order valence-electron chi connectivity index (χ0n) is 12.1. The van der Waals surface area contributed by atoms with Gasteiger partial charge < -0.3 is 15.7 Å². The Bertz CT molecular complexity index is 474. The number of carbonyl (C=O) groups is 2. The molecule has 0 saturated heterocycles. The molecule has 0 saturated carbocycles. The minimum Gasteiger partial charge on any atom is -0.481 e. The Balaban J connectivity index is 2.39. The molecule has 0 fully saturated rings. The second kappa shape index (κ2) is 7.53. The molecule has 1 aromatic carbocycles. The Hall–Kier alpha value is -2.04. The molecule has 5 heteroatoms. The van der Waals surface area contributed by atoms with Crippen LogP contribution in [0, 0.1) is 12.8 Å². The summed E-state index contributed by atoms with van der Waals surface area (Å²) in [5.41, 5.74) is 2.20. The fourth-order valence-corrected chi connectivity index (χ4v) is 1.92. The van der Waals surface area contributed by atoms with E-state index in [1.54, 1.807) is 6.92 Å². The van der Waals surface area contributed by atoms with Crippen molar-refractivity contribution in [2.75, 3.05) is 6.54 Å². The Kier molecular flexibility index (Phi) is 6.03. The van der Waals surface area contributed by atoms with E-state index in [4.69, 9.17) is 5.11 Å². The minimum atomic E-state index is -0.847. The van der Waals surface area contributed by atoms with E-state index in [9.17, 15) is 9.59 Å². The smallest absolute Gasteiger partial charge is 0.315 e. The molecule has 0 aliphatic heterocycles. The number of amides is 2. The second-order valence-electron chi connectivity index (χ2n) is 5.01. The van der Waals surface area contributed by atoms with Crippen molar-refractivity contribution in [1.82, 2.24) is 10.6 Å². The number of hydrogen-bond acceptors (Lipinski definition) is 2. The van der Waals surface area contributed by atoms with Crippen molar-refractivity contribution in [3.05, 3.63) is 35.4 Å². The van der Waals surface area contributed by atoms with E-state index in [2.05, 4.69) is 10.6 Å². The number of carboxylic acid groups (broad SMARTS) is 1. The molecule has 0 bridgehead atoms. The number of aryl methyl sites for hydroxylation is 1. The van der Waals surface area contributed by atoms with Crippen LogP contribution in [0.15, 0.2) is 24.3 Å². The van der Waals surface area contributed by atoms with Gasteiger partial charge in [0, 0.05) is 6.54 Å². The van der Waals surface area contributed by atoms with Crippen LogP contribution in [0.25, 0.3) is 0 Å². The van der Waals surface area contributed by atoms with Gasteiger partial charge in [-0.2, -0.15) is 0 Å². The van der Waals surface area contributed by atoms with Crippen molar-refractivity contribution in [2.45, 2.75) is 33.2 Å². The molecule has 0 aromatic heterocycles. The van der Waals surface area contributed by atoms with Gasteiger partial charge in [0.15, 0.2) is 0 Å². The fraction of sp³-hybridized carbons (Fsp3) is 0.467. The lowest BCUT2D eigenvalue weighted by Gasteiger charge is -2.17. The fourth-order valence-electron chi connectivity index (χ4n) is 1.92. The molecule has 2 unspecified atom stereocenters. The Morgan fingerprint density at radius 3 is 2.50 bits per heavy atom. The third kappa shape index (κ3) is 4.91. The topological polar surface area (TPSA) is 78.4 Å². The van der Waals surface area contributed by atoms with Crippen LogP contribution in [0.4, 0.5) is 4.79 Å². The molecule has 2 amide bonds. The first-order valence-corrected chi connectivity index (χ1v) is 6.74. The third-order valence-electron chi connectivity index (χ3n) is 3.29. The van der Waals surface area contributed by atoms with Crippen molar-refractivity contribution >= 4 is 12.0 Å². The van der Waals surface area contributed by atoms with Crippen molar-refractivity contribution in [1.29, 1.82) is 0 Å². The molecule has 0 aliphatic carbocycles. The van der Waals surface area contributed by atoms with Gasteiger partial charge in [-0.25, -0.2) is 4.79 Å². The van der Waals surface area contributed by atoms with Gasteiger partial charge >= 0.3 is 12.0 Å². The van der Waals surface area contributed by atoms with Gasteiger partial charge in [0.1, 0.15) is 0 Å². The molecule has 0 radical (unpaired) electrons. The van der Waals surface area contributed by atoms with Crippen LogP contribution in [0.2, 0.25) is 0 Å². The quantitative estimate of drug-likeness (QED) is 0.748. The molecule has 5 nitrogen and oxygen atoms in total. The lowest BCUT2D eigenvalue weighted by atomic mass is 10.0. The van der Waals surface area contributed by atoms with E-state index in [0.29, 0.717) is 13.0 Å². The minimum absolute atomic E-state index is 0.0897. The van der Waals surface area contributed by atoms with Gasteiger partial charge in [-0.1, -0.05) is 31.2 Å². The monoisotopic (exact) mass is 278 g/mol. The SMILES string of the molecule is Cc1ccccc1C(C)NC(=O)NCCC(C)C(=O)O. The lowest BCUT2D eigenvalue weighted by Crippen LogP contribution is -2.38. The normalized spacial score (nSPS) is 13.3. The zero-order valence-corrected chi connectivity index (χ0v) is 12.1. The molecule has 0 spiro atoms. The van der Waals surface area contributed by atoms with E-state index in [-0.39, 0.29) is 12.1 Å². The molecule has 1 aromatic rings. The van der Waals surface area contributed by atoms with Crippen molar-refractivity contribution < 1.29 is 14.7 Å². The number of rotatable bonds is 6. The number of carboxylic acids is 1. The molecule has 3 N–H and O–H groups in total. The summed E-state index contributed by atoms with van der Waals surface area (Å²) in [7, 11) is 0. The van der Waals surface area contributed by atoms with Gasteiger partial charge in [-0.05, 0) is 31.4 Å². The molecule has 0 heterocycles. The first kappa shape index (κ1) is 16.0. The number of benzene rings is 1. The first-order valence-electron chi connectivity index (χ1n) is 6.74. The number of urea groups is 1. The van der Waals surface area contributed by atoms with Crippen molar-refractivity contribution in [3.63, 3.8) is 0 Å².